The molecule has 7 nitrogen and oxygen atoms in total. The predicted octanol–water partition coefficient (Wildman–Crippen LogP) is 2.94. The fraction of sp³-hybridized carbons (Fsp3) is 0.333. The number of thioether (sulfide) groups is 1. The molecule has 0 saturated carbocycles. The van der Waals surface area contributed by atoms with Crippen LogP contribution in [0.3, 0.4) is 0 Å². The summed E-state index contributed by atoms with van der Waals surface area (Å²) in [5.41, 5.74) is 1.98. The molecule has 0 aliphatic carbocycles. The van der Waals surface area contributed by atoms with Crippen molar-refractivity contribution in [3.05, 3.63) is 48.5 Å². The van der Waals surface area contributed by atoms with Gasteiger partial charge in [-0.3, -0.25) is 13.9 Å². The van der Waals surface area contributed by atoms with E-state index in [1.807, 2.05) is 30.5 Å². The summed E-state index contributed by atoms with van der Waals surface area (Å²) in [6.45, 7) is 0.818. The van der Waals surface area contributed by atoms with Crippen LogP contribution in [0, 0.1) is 5.92 Å². The zero-order valence-electron chi connectivity index (χ0n) is 16.6. The maximum atomic E-state index is 12.7. The Morgan fingerprint density at radius 3 is 2.57 bits per heavy atom. The second-order valence-electron chi connectivity index (χ2n) is 7.38. The zero-order chi connectivity index (χ0) is 21.3. The van der Waals surface area contributed by atoms with E-state index in [0.29, 0.717) is 30.9 Å². The second kappa shape index (κ2) is 8.31. The van der Waals surface area contributed by atoms with Crippen molar-refractivity contribution in [2.45, 2.75) is 17.7 Å². The van der Waals surface area contributed by atoms with Gasteiger partial charge in [-0.05, 0) is 55.1 Å². The van der Waals surface area contributed by atoms with Gasteiger partial charge in [0.25, 0.3) is 0 Å². The number of benzene rings is 2. The average molecular weight is 446 g/mol. The zero-order valence-corrected chi connectivity index (χ0v) is 18.2. The standard InChI is InChI=1S/C21H23N3O4S2/c1-29-19-5-2-4-18(13-19)23-14-15(12-20(23)25)21(26)22-16-6-8-17(9-7-16)24-10-3-11-30(24,27)28/h2,4-9,13,15H,3,10-12,14H2,1H3,(H,22,26)/t15-/m0/s1. The monoisotopic (exact) mass is 445 g/mol. The van der Waals surface area contributed by atoms with Gasteiger partial charge in [0.2, 0.25) is 21.8 Å². The molecule has 9 heteroatoms. The van der Waals surface area contributed by atoms with E-state index in [0.717, 1.165) is 10.6 Å². The van der Waals surface area contributed by atoms with Gasteiger partial charge in [-0.1, -0.05) is 6.07 Å². The first-order valence-corrected chi connectivity index (χ1v) is 12.6. The summed E-state index contributed by atoms with van der Waals surface area (Å²) < 4.78 is 25.5. The Kier molecular flexibility index (Phi) is 5.75. The number of amides is 2. The van der Waals surface area contributed by atoms with Crippen molar-refractivity contribution >= 4 is 50.7 Å². The molecule has 1 N–H and O–H groups in total. The molecule has 2 saturated heterocycles. The van der Waals surface area contributed by atoms with E-state index in [2.05, 4.69) is 5.32 Å². The maximum absolute atomic E-state index is 12.7. The third-order valence-corrected chi connectivity index (χ3v) is 7.98. The Labute approximate surface area is 180 Å². The number of anilines is 3. The Morgan fingerprint density at radius 2 is 1.90 bits per heavy atom. The van der Waals surface area contributed by atoms with Gasteiger partial charge in [0.15, 0.2) is 0 Å². The van der Waals surface area contributed by atoms with Crippen molar-refractivity contribution in [2.75, 3.05) is 39.6 Å². The van der Waals surface area contributed by atoms with Crippen molar-refractivity contribution in [1.82, 2.24) is 0 Å². The minimum Gasteiger partial charge on any atom is -0.326 e. The molecule has 2 fully saturated rings. The molecule has 2 aliphatic rings. The Bertz CT molecular complexity index is 1070. The molecule has 2 aromatic carbocycles. The molecule has 0 unspecified atom stereocenters. The van der Waals surface area contributed by atoms with Crippen LogP contribution in [0.25, 0.3) is 0 Å². The first-order valence-electron chi connectivity index (χ1n) is 9.73. The average Bonchev–Trinajstić information content (AvgIpc) is 3.30. The van der Waals surface area contributed by atoms with Gasteiger partial charge >= 0.3 is 0 Å². The Morgan fingerprint density at radius 1 is 1.13 bits per heavy atom. The van der Waals surface area contributed by atoms with E-state index in [-0.39, 0.29) is 24.0 Å². The summed E-state index contributed by atoms with van der Waals surface area (Å²) >= 11 is 1.60. The van der Waals surface area contributed by atoms with Crippen LogP contribution < -0.4 is 14.5 Å². The van der Waals surface area contributed by atoms with E-state index < -0.39 is 15.9 Å². The highest BCUT2D eigenvalue weighted by Gasteiger charge is 2.35. The van der Waals surface area contributed by atoms with Crippen LogP contribution in [0.15, 0.2) is 53.4 Å². The quantitative estimate of drug-likeness (QED) is 0.715. The van der Waals surface area contributed by atoms with Crippen LogP contribution >= 0.6 is 11.8 Å². The minimum atomic E-state index is -3.23. The van der Waals surface area contributed by atoms with Crippen LogP contribution in [0.5, 0.6) is 0 Å². The van der Waals surface area contributed by atoms with Crippen molar-refractivity contribution in [1.29, 1.82) is 0 Å². The van der Waals surface area contributed by atoms with Crippen LogP contribution in [-0.4, -0.2) is 45.3 Å². The van der Waals surface area contributed by atoms with Crippen LogP contribution in [0.1, 0.15) is 12.8 Å². The highest BCUT2D eigenvalue weighted by Crippen LogP contribution is 2.29. The summed E-state index contributed by atoms with van der Waals surface area (Å²) in [6, 6.07) is 14.5. The largest absolute Gasteiger partial charge is 0.326 e. The molecule has 2 aliphatic heterocycles. The van der Waals surface area contributed by atoms with Crippen molar-refractivity contribution < 1.29 is 18.0 Å². The number of rotatable bonds is 5. The lowest BCUT2D eigenvalue weighted by Gasteiger charge is -2.18. The maximum Gasteiger partial charge on any atom is 0.235 e. The SMILES string of the molecule is CSc1cccc(N2C[C@@H](C(=O)Nc3ccc(N4CCCS4(=O)=O)cc3)CC2=O)c1. The number of carbonyl (C=O) groups excluding carboxylic acids is 2. The molecule has 2 heterocycles. The van der Waals surface area contributed by atoms with E-state index in [9.17, 15) is 18.0 Å². The van der Waals surface area contributed by atoms with Crippen LogP contribution in [0.2, 0.25) is 0 Å². The van der Waals surface area contributed by atoms with E-state index in [1.165, 1.54) is 4.31 Å². The number of nitrogens with zero attached hydrogens (tertiary/aromatic N) is 2. The first kappa shape index (κ1) is 20.7. The molecular weight excluding hydrogens is 422 g/mol. The summed E-state index contributed by atoms with van der Waals surface area (Å²) in [6.07, 6.45) is 2.76. The molecule has 1 atom stereocenters. The topological polar surface area (TPSA) is 86.8 Å². The molecular formula is C21H23N3O4S2. The van der Waals surface area contributed by atoms with Gasteiger partial charge < -0.3 is 10.2 Å². The normalized spacial score (nSPS) is 20.6. The molecule has 0 radical (unpaired) electrons. The Balaban J connectivity index is 1.41. The summed E-state index contributed by atoms with van der Waals surface area (Å²) in [5, 5.41) is 2.85. The van der Waals surface area contributed by atoms with E-state index >= 15 is 0 Å². The molecule has 30 heavy (non-hydrogen) atoms. The lowest BCUT2D eigenvalue weighted by molar-refractivity contribution is -0.122. The highest BCUT2D eigenvalue weighted by molar-refractivity contribution is 7.98. The third kappa shape index (κ3) is 4.17. The van der Waals surface area contributed by atoms with Gasteiger partial charge in [-0.2, -0.15) is 0 Å². The number of hydrogen-bond donors (Lipinski definition) is 1. The van der Waals surface area contributed by atoms with Crippen LogP contribution in [0.4, 0.5) is 17.1 Å². The van der Waals surface area contributed by atoms with Gasteiger partial charge in [0, 0.05) is 35.8 Å². The fourth-order valence-electron chi connectivity index (χ4n) is 3.80. The molecule has 2 aromatic rings. The predicted molar refractivity (Wildman–Crippen MR) is 120 cm³/mol. The van der Waals surface area contributed by atoms with Crippen molar-refractivity contribution in [2.24, 2.45) is 5.92 Å². The number of nitrogens with one attached hydrogen (secondary N) is 1. The minimum absolute atomic E-state index is 0.0667. The molecule has 0 spiro atoms. The summed E-state index contributed by atoms with van der Waals surface area (Å²) in [5.74, 6) is -0.553. The summed E-state index contributed by atoms with van der Waals surface area (Å²) in [7, 11) is -3.23. The van der Waals surface area contributed by atoms with Crippen molar-refractivity contribution in [3.8, 4) is 0 Å². The Hall–Kier alpha value is -2.52. The molecule has 158 valence electrons. The molecule has 0 bridgehead atoms. The van der Waals surface area contributed by atoms with Gasteiger partial charge in [0.05, 0.1) is 17.4 Å². The van der Waals surface area contributed by atoms with E-state index in [4.69, 9.17) is 0 Å². The van der Waals surface area contributed by atoms with Crippen molar-refractivity contribution in [3.63, 3.8) is 0 Å². The first-order chi connectivity index (χ1) is 14.4. The molecule has 0 aromatic heterocycles. The fourth-order valence-corrected chi connectivity index (χ4v) is 5.81. The van der Waals surface area contributed by atoms with Gasteiger partial charge in [-0.25, -0.2) is 8.42 Å². The lowest BCUT2D eigenvalue weighted by atomic mass is 10.1. The third-order valence-electron chi connectivity index (χ3n) is 5.38. The molecule has 2 amide bonds. The van der Waals surface area contributed by atoms with E-state index in [1.54, 1.807) is 40.9 Å². The van der Waals surface area contributed by atoms with Gasteiger partial charge in [0.1, 0.15) is 0 Å². The lowest BCUT2D eigenvalue weighted by Crippen LogP contribution is -2.28. The number of hydrogen-bond acceptors (Lipinski definition) is 5. The number of sulfonamides is 1. The smallest absolute Gasteiger partial charge is 0.235 e. The highest BCUT2D eigenvalue weighted by atomic mass is 32.2. The molecule has 4 rings (SSSR count). The second-order valence-corrected chi connectivity index (χ2v) is 10.3. The number of carbonyl (C=O) groups is 2. The van der Waals surface area contributed by atoms with Crippen LogP contribution in [-0.2, 0) is 19.6 Å². The summed E-state index contributed by atoms with van der Waals surface area (Å²) in [4.78, 5) is 27.9. The van der Waals surface area contributed by atoms with Gasteiger partial charge in [-0.15, -0.1) is 11.8 Å².